The molecule has 1 aromatic rings. The fourth-order valence-corrected chi connectivity index (χ4v) is 2.09. The van der Waals surface area contributed by atoms with Gasteiger partial charge in [0, 0.05) is 3.57 Å². The lowest BCUT2D eigenvalue weighted by molar-refractivity contribution is -0.166. The highest BCUT2D eigenvalue weighted by Crippen LogP contribution is 2.11. The van der Waals surface area contributed by atoms with E-state index in [0.717, 1.165) is 3.57 Å². The average Bonchev–Trinajstić information content (AvgIpc) is 2.41. The highest BCUT2D eigenvalue weighted by atomic mass is 127. The number of ether oxygens (including phenoxy) is 2. The number of amides is 1. The van der Waals surface area contributed by atoms with Crippen LogP contribution < -0.4 is 5.32 Å². The van der Waals surface area contributed by atoms with Gasteiger partial charge in [-0.2, -0.15) is 0 Å². The quantitative estimate of drug-likeness (QED) is 0.583. The Kier molecular flexibility index (Phi) is 6.79. The van der Waals surface area contributed by atoms with E-state index in [1.165, 1.54) is 0 Å². The minimum Gasteiger partial charge on any atom is -0.457 e. The third kappa shape index (κ3) is 6.88. The second-order valence-corrected chi connectivity index (χ2v) is 6.57. The molecule has 0 spiro atoms. The van der Waals surface area contributed by atoms with Crippen LogP contribution in [-0.4, -0.2) is 36.6 Å². The van der Waals surface area contributed by atoms with Crippen molar-refractivity contribution in [1.29, 1.82) is 0 Å². The van der Waals surface area contributed by atoms with Crippen LogP contribution in [-0.2, 0) is 19.1 Å². The first-order valence-electron chi connectivity index (χ1n) is 6.59. The van der Waals surface area contributed by atoms with Gasteiger partial charge in [-0.15, -0.1) is 0 Å². The molecule has 0 saturated carbocycles. The summed E-state index contributed by atoms with van der Waals surface area (Å²) in [7, 11) is 0. The van der Waals surface area contributed by atoms with Crippen LogP contribution in [0.2, 0.25) is 0 Å². The molecule has 0 aliphatic carbocycles. The molecule has 0 atom stereocenters. The molecule has 0 saturated heterocycles. The summed E-state index contributed by atoms with van der Waals surface area (Å²) in [6, 6.07) is 6.99. The second kappa shape index (κ2) is 8.11. The molecule has 0 aliphatic heterocycles. The van der Waals surface area contributed by atoms with Crippen molar-refractivity contribution in [3.63, 3.8) is 0 Å². The molecule has 22 heavy (non-hydrogen) atoms. The molecule has 0 aliphatic rings. The maximum Gasteiger partial charge on any atom is 0.344 e. The van der Waals surface area contributed by atoms with Gasteiger partial charge in [-0.25, -0.2) is 4.79 Å². The molecule has 120 valence electrons. The van der Waals surface area contributed by atoms with Gasteiger partial charge < -0.3 is 14.8 Å². The smallest absolute Gasteiger partial charge is 0.344 e. The first kappa shape index (κ1) is 18.4. The number of carbonyl (C=O) groups excluding carboxylic acids is 3. The fourth-order valence-electron chi connectivity index (χ4n) is 1.45. The van der Waals surface area contributed by atoms with Gasteiger partial charge in [0.1, 0.15) is 12.1 Å². The van der Waals surface area contributed by atoms with E-state index in [2.05, 4.69) is 5.32 Å². The van der Waals surface area contributed by atoms with E-state index in [9.17, 15) is 14.4 Å². The van der Waals surface area contributed by atoms with Crippen LogP contribution in [0.25, 0.3) is 0 Å². The Morgan fingerprint density at radius 2 is 1.77 bits per heavy atom. The Bertz CT molecular complexity index is 565. The zero-order chi connectivity index (χ0) is 16.8. The first-order chi connectivity index (χ1) is 10.2. The maximum atomic E-state index is 11.9. The Morgan fingerprint density at radius 3 is 2.36 bits per heavy atom. The summed E-state index contributed by atoms with van der Waals surface area (Å²) in [5.74, 6) is -1.71. The lowest BCUT2D eigenvalue weighted by Gasteiger charge is -2.19. The van der Waals surface area contributed by atoms with Crippen molar-refractivity contribution < 1.29 is 23.9 Å². The van der Waals surface area contributed by atoms with Crippen molar-refractivity contribution >= 4 is 40.4 Å². The van der Waals surface area contributed by atoms with Crippen molar-refractivity contribution in [3.05, 3.63) is 33.4 Å². The molecule has 1 rings (SSSR count). The van der Waals surface area contributed by atoms with Crippen LogP contribution >= 0.6 is 22.6 Å². The van der Waals surface area contributed by atoms with E-state index < -0.39 is 24.1 Å². The monoisotopic (exact) mass is 419 g/mol. The summed E-state index contributed by atoms with van der Waals surface area (Å²) in [5, 5.41) is 2.44. The predicted octanol–water partition coefficient (Wildman–Crippen LogP) is 1.91. The largest absolute Gasteiger partial charge is 0.457 e. The highest BCUT2D eigenvalue weighted by Gasteiger charge is 2.18. The molecule has 0 fully saturated rings. The topological polar surface area (TPSA) is 81.7 Å². The number of esters is 2. The Hall–Kier alpha value is -1.64. The molecule has 0 radical (unpaired) electrons. The van der Waals surface area contributed by atoms with Gasteiger partial charge in [-0.3, -0.25) is 9.59 Å². The van der Waals surface area contributed by atoms with Crippen LogP contribution in [0.4, 0.5) is 0 Å². The van der Waals surface area contributed by atoms with Gasteiger partial charge in [0.15, 0.2) is 6.61 Å². The Morgan fingerprint density at radius 1 is 1.14 bits per heavy atom. The third-order valence-corrected chi connectivity index (χ3v) is 3.22. The first-order valence-corrected chi connectivity index (χ1v) is 7.67. The fraction of sp³-hybridized carbons (Fsp3) is 0.400. The summed E-state index contributed by atoms with van der Waals surface area (Å²) in [6.45, 7) is 4.36. The minimum absolute atomic E-state index is 0.313. The molecule has 0 unspecified atom stereocenters. The zero-order valence-electron chi connectivity index (χ0n) is 12.6. The van der Waals surface area contributed by atoms with Crippen molar-refractivity contribution in [1.82, 2.24) is 5.32 Å². The van der Waals surface area contributed by atoms with Crippen molar-refractivity contribution in [3.8, 4) is 0 Å². The number of carbonyl (C=O) groups is 3. The molecular formula is C15H18INO5. The van der Waals surface area contributed by atoms with Crippen LogP contribution in [0.3, 0.4) is 0 Å². The molecule has 0 heterocycles. The number of halogens is 1. The predicted molar refractivity (Wildman–Crippen MR) is 88.3 cm³/mol. The van der Waals surface area contributed by atoms with Gasteiger partial charge in [0.2, 0.25) is 0 Å². The summed E-state index contributed by atoms with van der Waals surface area (Å²) < 4.78 is 10.5. The Labute approximate surface area is 142 Å². The normalized spacial score (nSPS) is 10.7. The lowest BCUT2D eigenvalue weighted by Crippen LogP contribution is -2.33. The van der Waals surface area contributed by atoms with Crippen LogP contribution in [0.5, 0.6) is 0 Å². The minimum atomic E-state index is -0.704. The second-order valence-electron chi connectivity index (χ2n) is 5.41. The van der Waals surface area contributed by atoms with Gasteiger partial charge in [-0.05, 0) is 55.5 Å². The van der Waals surface area contributed by atoms with Crippen molar-refractivity contribution in [2.24, 2.45) is 0 Å². The van der Waals surface area contributed by atoms with E-state index in [1.54, 1.807) is 39.0 Å². The molecule has 1 aromatic carbocycles. The number of nitrogens with one attached hydrogen (secondary N) is 1. The number of benzene rings is 1. The SMILES string of the molecule is CC(C)(C)OC(=O)COC(=O)CNC(=O)c1ccccc1I. The van der Waals surface area contributed by atoms with E-state index >= 15 is 0 Å². The van der Waals surface area contributed by atoms with Crippen LogP contribution in [0.1, 0.15) is 31.1 Å². The molecular weight excluding hydrogens is 401 g/mol. The maximum absolute atomic E-state index is 11.9. The van der Waals surface area contributed by atoms with E-state index in [-0.39, 0.29) is 12.5 Å². The standard InChI is InChI=1S/C15H18INO5/c1-15(2,3)22-13(19)9-21-12(18)8-17-14(20)10-6-4-5-7-11(10)16/h4-7H,8-9H2,1-3H3,(H,17,20). The van der Waals surface area contributed by atoms with Crippen molar-refractivity contribution in [2.45, 2.75) is 26.4 Å². The van der Waals surface area contributed by atoms with Crippen molar-refractivity contribution in [2.75, 3.05) is 13.2 Å². The summed E-state index contributed by atoms with van der Waals surface area (Å²) in [4.78, 5) is 34.7. The highest BCUT2D eigenvalue weighted by molar-refractivity contribution is 14.1. The molecule has 0 aromatic heterocycles. The number of rotatable bonds is 5. The van der Waals surface area contributed by atoms with Gasteiger partial charge in [0.05, 0.1) is 5.56 Å². The van der Waals surface area contributed by atoms with Crippen LogP contribution in [0.15, 0.2) is 24.3 Å². The average molecular weight is 419 g/mol. The number of hydrogen-bond donors (Lipinski definition) is 1. The van der Waals surface area contributed by atoms with Gasteiger partial charge in [-0.1, -0.05) is 12.1 Å². The molecule has 0 bridgehead atoms. The molecule has 7 heteroatoms. The van der Waals surface area contributed by atoms with E-state index in [0.29, 0.717) is 5.56 Å². The summed E-state index contributed by atoms with van der Waals surface area (Å²) >= 11 is 2.03. The van der Waals surface area contributed by atoms with E-state index in [4.69, 9.17) is 9.47 Å². The zero-order valence-corrected chi connectivity index (χ0v) is 14.8. The summed E-state index contributed by atoms with van der Waals surface area (Å²) in [6.07, 6.45) is 0. The summed E-state index contributed by atoms with van der Waals surface area (Å²) in [5.41, 5.74) is -0.162. The van der Waals surface area contributed by atoms with Gasteiger partial charge in [0.25, 0.3) is 5.91 Å². The Balaban J connectivity index is 2.36. The molecule has 6 nitrogen and oxygen atoms in total. The lowest BCUT2D eigenvalue weighted by atomic mass is 10.2. The molecule has 1 N–H and O–H groups in total. The van der Waals surface area contributed by atoms with E-state index in [1.807, 2.05) is 28.7 Å². The van der Waals surface area contributed by atoms with Gasteiger partial charge >= 0.3 is 11.9 Å². The number of hydrogen-bond acceptors (Lipinski definition) is 5. The molecule has 1 amide bonds. The third-order valence-electron chi connectivity index (χ3n) is 2.28. The van der Waals surface area contributed by atoms with Crippen LogP contribution in [0, 0.1) is 3.57 Å².